The van der Waals surface area contributed by atoms with Crippen LogP contribution >= 0.6 is 22.6 Å². The van der Waals surface area contributed by atoms with Crippen molar-refractivity contribution < 1.29 is 14.3 Å². The largest absolute Gasteiger partial charge is 0.444 e. The highest BCUT2D eigenvalue weighted by Gasteiger charge is 2.16. The normalized spacial score (nSPS) is 10.9. The second-order valence-electron chi connectivity index (χ2n) is 8.37. The molecule has 0 bridgehead atoms. The third-order valence-electron chi connectivity index (χ3n) is 4.21. The molecule has 172 valence electrons. The third-order valence-corrected chi connectivity index (χ3v) is 5.00. The minimum Gasteiger partial charge on any atom is -0.444 e. The Morgan fingerprint density at radius 2 is 1.67 bits per heavy atom. The molecule has 8 nitrogen and oxygen atoms in total. The Morgan fingerprint density at radius 1 is 1.00 bits per heavy atom. The van der Waals surface area contributed by atoms with E-state index in [1.807, 2.05) is 31.2 Å². The van der Waals surface area contributed by atoms with E-state index < -0.39 is 11.7 Å². The molecular weight excluding hydrogens is 533 g/mol. The van der Waals surface area contributed by atoms with E-state index in [1.54, 1.807) is 51.2 Å². The summed E-state index contributed by atoms with van der Waals surface area (Å²) in [7, 11) is 0. The lowest BCUT2D eigenvalue weighted by molar-refractivity contribution is -0.115. The maximum Gasteiger partial charge on any atom is 0.412 e. The van der Waals surface area contributed by atoms with Crippen molar-refractivity contribution in [3.8, 4) is 0 Å². The van der Waals surface area contributed by atoms with Gasteiger partial charge in [0.05, 0.1) is 9.99 Å². The van der Waals surface area contributed by atoms with Crippen LogP contribution in [0.3, 0.4) is 0 Å². The van der Waals surface area contributed by atoms with Gasteiger partial charge in [-0.1, -0.05) is 18.2 Å². The van der Waals surface area contributed by atoms with Crippen molar-refractivity contribution in [2.45, 2.75) is 39.7 Å². The summed E-state index contributed by atoms with van der Waals surface area (Å²) in [5.41, 5.74) is 2.20. The highest BCUT2D eigenvalue weighted by Crippen LogP contribution is 2.22. The molecule has 3 aromatic rings. The van der Waals surface area contributed by atoms with Crippen LogP contribution in [-0.4, -0.2) is 27.6 Å². The molecule has 3 N–H and O–H groups in total. The quantitative estimate of drug-likeness (QED) is 0.337. The number of aryl methyl sites for hydroxylation is 1. The van der Waals surface area contributed by atoms with Gasteiger partial charge >= 0.3 is 6.09 Å². The number of aromatic nitrogens is 2. The minimum atomic E-state index is -0.593. The van der Waals surface area contributed by atoms with E-state index in [-0.39, 0.29) is 12.3 Å². The van der Waals surface area contributed by atoms with E-state index in [1.165, 1.54) is 0 Å². The molecule has 0 fully saturated rings. The molecule has 9 heteroatoms. The second-order valence-corrected chi connectivity index (χ2v) is 9.53. The van der Waals surface area contributed by atoms with Gasteiger partial charge in [0, 0.05) is 23.3 Å². The molecule has 0 aliphatic heterocycles. The van der Waals surface area contributed by atoms with Crippen LogP contribution in [0.2, 0.25) is 0 Å². The molecular formula is C24H26IN5O3. The molecule has 2 aromatic carbocycles. The minimum absolute atomic E-state index is 0.172. The zero-order valence-corrected chi connectivity index (χ0v) is 21.1. The predicted molar refractivity (Wildman–Crippen MR) is 138 cm³/mol. The molecule has 0 saturated carbocycles. The number of hydrogen-bond acceptors (Lipinski definition) is 6. The zero-order chi connectivity index (χ0) is 24.0. The molecule has 2 amide bonds. The van der Waals surface area contributed by atoms with Crippen molar-refractivity contribution in [1.82, 2.24) is 9.97 Å². The first-order chi connectivity index (χ1) is 15.6. The maximum atomic E-state index is 12.6. The topological polar surface area (TPSA) is 105 Å². The Labute approximate surface area is 206 Å². The molecule has 0 radical (unpaired) electrons. The highest BCUT2D eigenvalue weighted by atomic mass is 127. The molecule has 33 heavy (non-hydrogen) atoms. The first-order valence-electron chi connectivity index (χ1n) is 10.3. The van der Waals surface area contributed by atoms with E-state index in [4.69, 9.17) is 4.74 Å². The van der Waals surface area contributed by atoms with Gasteiger partial charge in [0.2, 0.25) is 5.91 Å². The Bertz CT molecular complexity index is 1160. The molecule has 0 spiro atoms. The molecule has 1 aromatic heterocycles. The fraction of sp³-hybridized carbons (Fsp3) is 0.250. The van der Waals surface area contributed by atoms with Crippen LogP contribution in [0.4, 0.5) is 27.7 Å². The van der Waals surface area contributed by atoms with E-state index in [9.17, 15) is 9.59 Å². The van der Waals surface area contributed by atoms with Crippen molar-refractivity contribution in [2.75, 3.05) is 16.0 Å². The van der Waals surface area contributed by atoms with E-state index in [2.05, 4.69) is 48.5 Å². The van der Waals surface area contributed by atoms with Gasteiger partial charge in [-0.25, -0.2) is 14.8 Å². The van der Waals surface area contributed by atoms with Gasteiger partial charge in [-0.15, -0.1) is 0 Å². The number of nitrogens with zero attached hydrogens (tertiary/aromatic N) is 2. The summed E-state index contributed by atoms with van der Waals surface area (Å²) >= 11 is 2.17. The molecule has 0 unspecified atom stereocenters. The Morgan fingerprint density at radius 3 is 2.39 bits per heavy atom. The number of rotatable bonds is 6. The number of hydrogen-bond donors (Lipinski definition) is 3. The number of nitrogens with one attached hydrogen (secondary N) is 3. The lowest BCUT2D eigenvalue weighted by Crippen LogP contribution is -2.27. The SMILES string of the molecule is Cc1ncc(I)c(Nc2cccc(CC(=O)Nc3cccc(NC(=O)OC(C)(C)C)c3)c2)n1. The van der Waals surface area contributed by atoms with Gasteiger partial charge in [0.1, 0.15) is 17.2 Å². The van der Waals surface area contributed by atoms with Gasteiger partial charge < -0.3 is 15.4 Å². The first-order valence-corrected chi connectivity index (χ1v) is 11.4. The lowest BCUT2D eigenvalue weighted by Gasteiger charge is -2.19. The smallest absolute Gasteiger partial charge is 0.412 e. The van der Waals surface area contributed by atoms with Crippen LogP contribution in [0.5, 0.6) is 0 Å². The van der Waals surface area contributed by atoms with Crippen molar-refractivity contribution >= 4 is 57.5 Å². The second kappa shape index (κ2) is 10.6. The Kier molecular flexibility index (Phi) is 7.85. The monoisotopic (exact) mass is 559 g/mol. The number of ether oxygens (including phenoxy) is 1. The highest BCUT2D eigenvalue weighted by molar-refractivity contribution is 14.1. The van der Waals surface area contributed by atoms with Crippen LogP contribution in [0, 0.1) is 10.5 Å². The standard InChI is InChI=1S/C24H26IN5O3/c1-15-26-14-20(25)22(27-15)29-17-8-5-7-16(11-17)12-21(31)28-18-9-6-10-19(13-18)30-23(32)33-24(2,3)4/h5-11,13-14H,12H2,1-4H3,(H,28,31)(H,30,32)(H,26,27,29). The van der Waals surface area contributed by atoms with Crippen LogP contribution in [0.25, 0.3) is 0 Å². The van der Waals surface area contributed by atoms with Gasteiger partial charge in [-0.3, -0.25) is 10.1 Å². The third kappa shape index (κ3) is 8.01. The van der Waals surface area contributed by atoms with Gasteiger partial charge in [-0.05, 0) is 86.2 Å². The summed E-state index contributed by atoms with van der Waals surface area (Å²) in [6.07, 6.45) is 1.40. The van der Waals surface area contributed by atoms with E-state index in [0.717, 1.165) is 20.6 Å². The molecule has 0 aliphatic rings. The van der Waals surface area contributed by atoms with Crippen molar-refractivity contribution in [3.05, 3.63) is 69.7 Å². The van der Waals surface area contributed by atoms with Crippen molar-refractivity contribution in [2.24, 2.45) is 0 Å². The van der Waals surface area contributed by atoms with Gasteiger partial charge in [0.15, 0.2) is 0 Å². The summed E-state index contributed by atoms with van der Waals surface area (Å²) in [6.45, 7) is 7.22. The lowest BCUT2D eigenvalue weighted by atomic mass is 10.1. The number of carbonyl (C=O) groups excluding carboxylic acids is 2. The summed E-state index contributed by atoms with van der Waals surface area (Å²) in [4.78, 5) is 33.2. The van der Waals surface area contributed by atoms with Gasteiger partial charge in [0.25, 0.3) is 0 Å². The van der Waals surface area contributed by atoms with Crippen molar-refractivity contribution in [3.63, 3.8) is 0 Å². The van der Waals surface area contributed by atoms with Crippen molar-refractivity contribution in [1.29, 1.82) is 0 Å². The Hall–Kier alpha value is -3.21. The number of anilines is 4. The fourth-order valence-corrected chi connectivity index (χ4v) is 3.32. The van der Waals surface area contributed by atoms with Gasteiger partial charge in [-0.2, -0.15) is 0 Å². The number of benzene rings is 2. The Balaban J connectivity index is 1.61. The predicted octanol–water partition coefficient (Wildman–Crippen LogP) is 5.66. The number of carbonyl (C=O) groups is 2. The summed E-state index contributed by atoms with van der Waals surface area (Å²) in [5, 5.41) is 8.81. The molecule has 0 aliphatic carbocycles. The summed E-state index contributed by atoms with van der Waals surface area (Å²) in [5.74, 6) is 1.23. The average Bonchev–Trinajstić information content (AvgIpc) is 2.69. The molecule has 3 rings (SSSR count). The van der Waals surface area contributed by atoms with Crippen LogP contribution in [0.15, 0.2) is 54.7 Å². The molecule has 0 saturated heterocycles. The summed E-state index contributed by atoms with van der Waals surface area (Å²) < 4.78 is 6.16. The van der Waals surface area contributed by atoms with Crippen LogP contribution < -0.4 is 16.0 Å². The van der Waals surface area contributed by atoms with Crippen LogP contribution in [0.1, 0.15) is 32.2 Å². The van der Waals surface area contributed by atoms with Crippen LogP contribution in [-0.2, 0) is 16.0 Å². The van der Waals surface area contributed by atoms with E-state index >= 15 is 0 Å². The number of halogens is 1. The van der Waals surface area contributed by atoms with E-state index in [0.29, 0.717) is 17.2 Å². The number of amides is 2. The first kappa shape index (κ1) is 24.4. The molecule has 1 heterocycles. The summed E-state index contributed by atoms with van der Waals surface area (Å²) in [6, 6.07) is 14.5. The zero-order valence-electron chi connectivity index (χ0n) is 18.9. The maximum absolute atomic E-state index is 12.6. The fourth-order valence-electron chi connectivity index (χ4n) is 2.93. The molecule has 0 atom stereocenters. The average molecular weight is 559 g/mol.